The second-order valence-electron chi connectivity index (χ2n) is 5.12. The summed E-state index contributed by atoms with van der Waals surface area (Å²) >= 11 is 0. The molecule has 7 heteroatoms. The molecular weight excluding hydrogens is 259 g/mol. The first-order valence-electron chi connectivity index (χ1n) is 5.83. The minimum atomic E-state index is -4.55. The van der Waals surface area contributed by atoms with Gasteiger partial charge in [0.1, 0.15) is 11.5 Å². The van der Waals surface area contributed by atoms with Gasteiger partial charge in [0.05, 0.1) is 5.56 Å². The van der Waals surface area contributed by atoms with Crippen molar-refractivity contribution in [3.63, 3.8) is 0 Å². The zero-order valence-electron chi connectivity index (χ0n) is 10.3. The van der Waals surface area contributed by atoms with Crippen molar-refractivity contribution in [2.24, 2.45) is 11.1 Å². The Bertz CT molecular complexity index is 509. The van der Waals surface area contributed by atoms with Crippen molar-refractivity contribution in [2.75, 3.05) is 11.9 Å². The lowest BCUT2D eigenvalue weighted by Crippen LogP contribution is -2.21. The molecule has 1 amide bonds. The van der Waals surface area contributed by atoms with Crippen molar-refractivity contribution in [3.05, 3.63) is 23.4 Å². The smallest absolute Gasteiger partial charge is 0.369 e. The number of anilines is 1. The number of amides is 1. The van der Waals surface area contributed by atoms with Gasteiger partial charge in [-0.1, -0.05) is 6.92 Å². The molecule has 104 valence electrons. The highest BCUT2D eigenvalue weighted by Gasteiger charge is 2.38. The van der Waals surface area contributed by atoms with E-state index >= 15 is 0 Å². The van der Waals surface area contributed by atoms with Crippen molar-refractivity contribution < 1.29 is 18.0 Å². The molecule has 1 aliphatic carbocycles. The summed E-state index contributed by atoms with van der Waals surface area (Å²) in [7, 11) is 0. The van der Waals surface area contributed by atoms with E-state index in [4.69, 9.17) is 5.73 Å². The fourth-order valence-corrected chi connectivity index (χ4v) is 1.64. The molecule has 1 saturated carbocycles. The van der Waals surface area contributed by atoms with Gasteiger partial charge in [-0.25, -0.2) is 4.98 Å². The number of aromatic nitrogens is 1. The standard InChI is InChI=1S/C12H14F3N3O/c1-11(4-5-11)6-17-10-7(9(16)19)2-3-8(18-10)12(13,14)15/h2-3H,4-6H2,1H3,(H2,16,19)(H,17,18). The van der Waals surface area contributed by atoms with Crippen LogP contribution in [0.3, 0.4) is 0 Å². The van der Waals surface area contributed by atoms with Gasteiger partial charge in [-0.3, -0.25) is 4.79 Å². The van der Waals surface area contributed by atoms with Crippen LogP contribution in [-0.4, -0.2) is 17.4 Å². The molecule has 0 unspecified atom stereocenters. The van der Waals surface area contributed by atoms with E-state index in [1.54, 1.807) is 0 Å². The Hall–Kier alpha value is -1.79. The molecule has 1 aromatic rings. The molecule has 0 radical (unpaired) electrons. The molecule has 0 aromatic carbocycles. The number of hydrogen-bond acceptors (Lipinski definition) is 3. The third-order valence-corrected chi connectivity index (χ3v) is 3.24. The van der Waals surface area contributed by atoms with Crippen LogP contribution in [0.4, 0.5) is 19.0 Å². The fraction of sp³-hybridized carbons (Fsp3) is 0.500. The van der Waals surface area contributed by atoms with Crippen molar-refractivity contribution in [1.82, 2.24) is 4.98 Å². The first-order valence-corrected chi connectivity index (χ1v) is 5.83. The number of carbonyl (C=O) groups excluding carboxylic acids is 1. The van der Waals surface area contributed by atoms with Gasteiger partial charge in [-0.05, 0) is 30.4 Å². The van der Waals surface area contributed by atoms with E-state index in [0.717, 1.165) is 25.0 Å². The third-order valence-electron chi connectivity index (χ3n) is 3.24. The molecule has 3 N–H and O–H groups in total. The molecule has 0 spiro atoms. The monoisotopic (exact) mass is 273 g/mol. The number of pyridine rings is 1. The molecule has 19 heavy (non-hydrogen) atoms. The average molecular weight is 273 g/mol. The Kier molecular flexibility index (Phi) is 3.15. The number of halogens is 3. The largest absolute Gasteiger partial charge is 0.433 e. The average Bonchev–Trinajstić information content (AvgIpc) is 3.03. The lowest BCUT2D eigenvalue weighted by molar-refractivity contribution is -0.141. The molecule has 0 bridgehead atoms. The van der Waals surface area contributed by atoms with Crippen LogP contribution in [0.25, 0.3) is 0 Å². The third kappa shape index (κ3) is 3.15. The van der Waals surface area contributed by atoms with Crippen LogP contribution in [0.1, 0.15) is 35.8 Å². The van der Waals surface area contributed by atoms with E-state index < -0.39 is 17.8 Å². The Morgan fingerprint density at radius 3 is 2.58 bits per heavy atom. The van der Waals surface area contributed by atoms with Crippen LogP contribution in [0.5, 0.6) is 0 Å². The first-order chi connectivity index (χ1) is 8.71. The van der Waals surface area contributed by atoms with E-state index in [0.29, 0.717) is 6.54 Å². The number of rotatable bonds is 4. The number of hydrogen-bond donors (Lipinski definition) is 2. The van der Waals surface area contributed by atoms with E-state index in [1.807, 2.05) is 6.92 Å². The molecule has 2 rings (SSSR count). The molecule has 0 atom stereocenters. The van der Waals surface area contributed by atoms with Gasteiger partial charge in [-0.2, -0.15) is 13.2 Å². The number of nitrogens with zero attached hydrogens (tertiary/aromatic N) is 1. The van der Waals surface area contributed by atoms with E-state index in [9.17, 15) is 18.0 Å². The molecule has 4 nitrogen and oxygen atoms in total. The van der Waals surface area contributed by atoms with Crippen molar-refractivity contribution >= 4 is 11.7 Å². The van der Waals surface area contributed by atoms with Crippen LogP contribution in [0, 0.1) is 5.41 Å². The van der Waals surface area contributed by atoms with Crippen LogP contribution in [0.2, 0.25) is 0 Å². The predicted octanol–water partition coefficient (Wildman–Crippen LogP) is 2.41. The quantitative estimate of drug-likeness (QED) is 0.885. The Morgan fingerprint density at radius 1 is 1.47 bits per heavy atom. The highest BCUT2D eigenvalue weighted by Crippen LogP contribution is 2.44. The lowest BCUT2D eigenvalue weighted by atomic mass is 10.1. The van der Waals surface area contributed by atoms with Gasteiger partial charge < -0.3 is 11.1 Å². The van der Waals surface area contributed by atoms with Gasteiger partial charge in [0.25, 0.3) is 5.91 Å². The number of primary amides is 1. The summed E-state index contributed by atoms with van der Waals surface area (Å²) < 4.78 is 37.7. The van der Waals surface area contributed by atoms with Gasteiger partial charge in [0.15, 0.2) is 0 Å². The second-order valence-corrected chi connectivity index (χ2v) is 5.12. The summed E-state index contributed by atoms with van der Waals surface area (Å²) in [4.78, 5) is 14.6. The second kappa shape index (κ2) is 4.40. The highest BCUT2D eigenvalue weighted by atomic mass is 19.4. The SMILES string of the molecule is CC1(CNc2nc(C(F)(F)F)ccc2C(N)=O)CC1. The summed E-state index contributed by atoms with van der Waals surface area (Å²) in [5.74, 6) is -0.903. The zero-order chi connectivity index (χ0) is 14.3. The molecule has 0 saturated heterocycles. The van der Waals surface area contributed by atoms with Crippen LogP contribution < -0.4 is 11.1 Å². The Labute approximate surface area is 108 Å². The van der Waals surface area contributed by atoms with Gasteiger partial charge in [-0.15, -0.1) is 0 Å². The summed E-state index contributed by atoms with van der Waals surface area (Å²) in [6, 6.07) is 1.81. The number of alkyl halides is 3. The summed E-state index contributed by atoms with van der Waals surface area (Å²) in [6.07, 6.45) is -2.54. The maximum atomic E-state index is 12.6. The maximum Gasteiger partial charge on any atom is 0.433 e. The molecule has 1 heterocycles. The van der Waals surface area contributed by atoms with Crippen LogP contribution in [0.15, 0.2) is 12.1 Å². The van der Waals surface area contributed by atoms with Crippen molar-refractivity contribution in [1.29, 1.82) is 0 Å². The van der Waals surface area contributed by atoms with E-state index in [2.05, 4.69) is 10.3 Å². The van der Waals surface area contributed by atoms with Crippen molar-refractivity contribution in [3.8, 4) is 0 Å². The van der Waals surface area contributed by atoms with Gasteiger partial charge >= 0.3 is 6.18 Å². The van der Waals surface area contributed by atoms with Gasteiger partial charge in [0, 0.05) is 6.54 Å². The number of nitrogens with one attached hydrogen (secondary N) is 1. The Morgan fingerprint density at radius 2 is 2.11 bits per heavy atom. The van der Waals surface area contributed by atoms with Crippen LogP contribution in [-0.2, 0) is 6.18 Å². The lowest BCUT2D eigenvalue weighted by Gasteiger charge is -2.15. The molecule has 1 fully saturated rings. The highest BCUT2D eigenvalue weighted by molar-refractivity contribution is 5.97. The van der Waals surface area contributed by atoms with Crippen molar-refractivity contribution in [2.45, 2.75) is 25.9 Å². The van der Waals surface area contributed by atoms with Gasteiger partial charge in [0.2, 0.25) is 0 Å². The molecule has 1 aromatic heterocycles. The van der Waals surface area contributed by atoms with E-state index in [1.165, 1.54) is 0 Å². The normalized spacial score (nSPS) is 17.1. The van der Waals surface area contributed by atoms with Crippen LogP contribution >= 0.6 is 0 Å². The fourth-order valence-electron chi connectivity index (χ4n) is 1.64. The first kappa shape index (κ1) is 13.6. The molecular formula is C12H14F3N3O. The topological polar surface area (TPSA) is 68.0 Å². The summed E-state index contributed by atoms with van der Waals surface area (Å²) in [6.45, 7) is 2.49. The number of nitrogens with two attached hydrogens (primary N) is 1. The molecule has 0 aliphatic heterocycles. The Balaban J connectivity index is 2.27. The summed E-state index contributed by atoms with van der Waals surface area (Å²) in [5.41, 5.74) is 4.13. The number of carbonyl (C=O) groups is 1. The summed E-state index contributed by atoms with van der Waals surface area (Å²) in [5, 5.41) is 2.80. The van der Waals surface area contributed by atoms with E-state index in [-0.39, 0.29) is 16.8 Å². The minimum absolute atomic E-state index is 0.0303. The minimum Gasteiger partial charge on any atom is -0.369 e. The predicted molar refractivity (Wildman–Crippen MR) is 63.6 cm³/mol. The molecule has 1 aliphatic rings. The maximum absolute atomic E-state index is 12.6. The zero-order valence-corrected chi connectivity index (χ0v) is 10.3.